The Kier molecular flexibility index (Phi) is 3.66. The number of thiophene rings is 1. The SMILES string of the molecule is CCCS(=O)(=O)N1CCC[C@H]1c1cccs1. The third kappa shape index (κ3) is 2.31. The van der Waals surface area contributed by atoms with E-state index in [-0.39, 0.29) is 11.8 Å². The first-order valence-corrected chi connectivity index (χ1v) is 8.17. The van der Waals surface area contributed by atoms with Crippen LogP contribution in [0.2, 0.25) is 0 Å². The van der Waals surface area contributed by atoms with Gasteiger partial charge in [-0.3, -0.25) is 0 Å². The zero-order valence-corrected chi connectivity index (χ0v) is 11.1. The van der Waals surface area contributed by atoms with Crippen LogP contribution < -0.4 is 0 Å². The summed E-state index contributed by atoms with van der Waals surface area (Å²) in [5.41, 5.74) is 0. The lowest BCUT2D eigenvalue weighted by Gasteiger charge is -2.22. The van der Waals surface area contributed by atoms with Crippen molar-refractivity contribution in [2.24, 2.45) is 0 Å². The van der Waals surface area contributed by atoms with Crippen LogP contribution in [0.5, 0.6) is 0 Å². The van der Waals surface area contributed by atoms with Crippen molar-refractivity contribution in [1.29, 1.82) is 0 Å². The minimum absolute atomic E-state index is 0.0940. The summed E-state index contributed by atoms with van der Waals surface area (Å²) in [6.45, 7) is 2.60. The highest BCUT2D eigenvalue weighted by Crippen LogP contribution is 2.36. The Bertz CT molecular complexity index is 425. The Morgan fingerprint density at radius 3 is 3.00 bits per heavy atom. The zero-order chi connectivity index (χ0) is 11.6. The molecule has 0 amide bonds. The normalized spacial score (nSPS) is 22.7. The number of hydrogen-bond donors (Lipinski definition) is 0. The first-order valence-electron chi connectivity index (χ1n) is 5.68. The van der Waals surface area contributed by atoms with Gasteiger partial charge in [-0.2, -0.15) is 4.31 Å². The molecule has 3 nitrogen and oxygen atoms in total. The lowest BCUT2D eigenvalue weighted by molar-refractivity contribution is 0.400. The fraction of sp³-hybridized carbons (Fsp3) is 0.636. The largest absolute Gasteiger partial charge is 0.214 e. The van der Waals surface area contributed by atoms with E-state index >= 15 is 0 Å². The molecule has 1 aliphatic heterocycles. The predicted molar refractivity (Wildman–Crippen MR) is 67.1 cm³/mol. The van der Waals surface area contributed by atoms with Gasteiger partial charge in [0.2, 0.25) is 10.0 Å². The Balaban J connectivity index is 2.22. The molecule has 0 aliphatic carbocycles. The Hall–Kier alpha value is -0.390. The first-order chi connectivity index (χ1) is 7.65. The lowest BCUT2D eigenvalue weighted by atomic mass is 10.2. The topological polar surface area (TPSA) is 37.4 Å². The summed E-state index contributed by atoms with van der Waals surface area (Å²) in [5.74, 6) is 0.273. The van der Waals surface area contributed by atoms with Crippen molar-refractivity contribution in [1.82, 2.24) is 4.31 Å². The quantitative estimate of drug-likeness (QED) is 0.833. The van der Waals surface area contributed by atoms with Crippen LogP contribution in [0.3, 0.4) is 0 Å². The molecule has 0 saturated carbocycles. The van der Waals surface area contributed by atoms with Gasteiger partial charge in [0.05, 0.1) is 11.8 Å². The molecule has 0 N–H and O–H groups in total. The number of hydrogen-bond acceptors (Lipinski definition) is 3. The zero-order valence-electron chi connectivity index (χ0n) is 9.43. The van der Waals surface area contributed by atoms with E-state index in [1.54, 1.807) is 15.6 Å². The predicted octanol–water partition coefficient (Wildman–Crippen LogP) is 2.62. The standard InChI is InChI=1S/C11H17NO2S2/c1-2-9-16(13,14)12-7-3-5-10(12)11-6-4-8-15-11/h4,6,8,10H,2-3,5,7,9H2,1H3/t10-/m0/s1. The summed E-state index contributed by atoms with van der Waals surface area (Å²) < 4.78 is 25.8. The molecular weight excluding hydrogens is 242 g/mol. The van der Waals surface area contributed by atoms with Crippen molar-refractivity contribution in [3.8, 4) is 0 Å². The Labute approximate surface area is 101 Å². The average Bonchev–Trinajstić information content (AvgIpc) is 2.88. The van der Waals surface area contributed by atoms with Gasteiger partial charge in [-0.05, 0) is 30.7 Å². The molecule has 1 aliphatic rings. The summed E-state index contributed by atoms with van der Waals surface area (Å²) in [7, 11) is -3.05. The van der Waals surface area contributed by atoms with Crippen LogP contribution in [0.1, 0.15) is 37.1 Å². The highest BCUT2D eigenvalue weighted by Gasteiger charge is 2.34. The molecule has 1 aromatic heterocycles. The molecule has 1 atom stereocenters. The third-order valence-electron chi connectivity index (χ3n) is 2.89. The van der Waals surface area contributed by atoms with E-state index in [1.165, 1.54) is 4.88 Å². The summed E-state index contributed by atoms with van der Waals surface area (Å²) in [4.78, 5) is 1.18. The number of nitrogens with zero attached hydrogens (tertiary/aromatic N) is 1. The molecule has 0 bridgehead atoms. The number of sulfonamides is 1. The van der Waals surface area contributed by atoms with E-state index in [1.807, 2.05) is 24.4 Å². The molecular formula is C11H17NO2S2. The van der Waals surface area contributed by atoms with Crippen molar-refractivity contribution in [2.75, 3.05) is 12.3 Å². The molecule has 1 saturated heterocycles. The van der Waals surface area contributed by atoms with Gasteiger partial charge in [0.25, 0.3) is 0 Å². The molecule has 0 spiro atoms. The highest BCUT2D eigenvalue weighted by molar-refractivity contribution is 7.89. The molecule has 90 valence electrons. The monoisotopic (exact) mass is 259 g/mol. The molecule has 16 heavy (non-hydrogen) atoms. The smallest absolute Gasteiger partial charge is 0.212 e. The minimum Gasteiger partial charge on any atom is -0.212 e. The van der Waals surface area contributed by atoms with E-state index in [2.05, 4.69) is 0 Å². The molecule has 1 fully saturated rings. The van der Waals surface area contributed by atoms with Crippen LogP contribution in [0.25, 0.3) is 0 Å². The molecule has 2 rings (SSSR count). The van der Waals surface area contributed by atoms with Crippen molar-refractivity contribution in [2.45, 2.75) is 32.2 Å². The van der Waals surface area contributed by atoms with Gasteiger partial charge in [0.15, 0.2) is 0 Å². The van der Waals surface area contributed by atoms with E-state index in [9.17, 15) is 8.42 Å². The molecule has 0 aromatic carbocycles. The molecule has 2 heterocycles. The summed E-state index contributed by atoms with van der Waals surface area (Å²) in [6.07, 6.45) is 2.63. The van der Waals surface area contributed by atoms with Crippen molar-refractivity contribution >= 4 is 21.4 Å². The van der Waals surface area contributed by atoms with Gasteiger partial charge in [0.1, 0.15) is 0 Å². The minimum atomic E-state index is -3.05. The maximum atomic E-state index is 12.1. The van der Waals surface area contributed by atoms with Gasteiger partial charge < -0.3 is 0 Å². The van der Waals surface area contributed by atoms with Crippen molar-refractivity contribution in [3.63, 3.8) is 0 Å². The van der Waals surface area contributed by atoms with E-state index < -0.39 is 10.0 Å². The van der Waals surface area contributed by atoms with Crippen LogP contribution in [0.15, 0.2) is 17.5 Å². The van der Waals surface area contributed by atoms with Gasteiger partial charge >= 0.3 is 0 Å². The average molecular weight is 259 g/mol. The lowest BCUT2D eigenvalue weighted by Crippen LogP contribution is -2.32. The summed E-state index contributed by atoms with van der Waals surface area (Å²) in [6, 6.07) is 4.12. The van der Waals surface area contributed by atoms with E-state index in [0.717, 1.165) is 12.8 Å². The summed E-state index contributed by atoms with van der Waals surface area (Å²) in [5, 5.41) is 2.01. The Morgan fingerprint density at radius 2 is 2.38 bits per heavy atom. The van der Waals surface area contributed by atoms with Crippen LogP contribution in [0, 0.1) is 0 Å². The van der Waals surface area contributed by atoms with Crippen LogP contribution in [-0.2, 0) is 10.0 Å². The maximum absolute atomic E-state index is 12.1. The molecule has 0 radical (unpaired) electrons. The fourth-order valence-electron chi connectivity index (χ4n) is 2.21. The second-order valence-corrected chi connectivity index (χ2v) is 7.12. The van der Waals surface area contributed by atoms with Crippen LogP contribution >= 0.6 is 11.3 Å². The Morgan fingerprint density at radius 1 is 1.56 bits per heavy atom. The second kappa shape index (κ2) is 4.85. The third-order valence-corrected chi connectivity index (χ3v) is 5.94. The van der Waals surface area contributed by atoms with Crippen LogP contribution in [0.4, 0.5) is 0 Å². The van der Waals surface area contributed by atoms with E-state index in [4.69, 9.17) is 0 Å². The van der Waals surface area contributed by atoms with Gasteiger partial charge in [-0.15, -0.1) is 11.3 Å². The van der Waals surface area contributed by atoms with Crippen molar-refractivity contribution < 1.29 is 8.42 Å². The molecule has 0 unspecified atom stereocenters. The van der Waals surface area contributed by atoms with Gasteiger partial charge in [-0.1, -0.05) is 13.0 Å². The van der Waals surface area contributed by atoms with Crippen molar-refractivity contribution in [3.05, 3.63) is 22.4 Å². The van der Waals surface area contributed by atoms with Gasteiger partial charge in [0, 0.05) is 11.4 Å². The number of rotatable bonds is 4. The second-order valence-electron chi connectivity index (χ2n) is 4.10. The maximum Gasteiger partial charge on any atom is 0.214 e. The first kappa shape index (κ1) is 12.1. The highest BCUT2D eigenvalue weighted by atomic mass is 32.2. The fourth-order valence-corrected chi connectivity index (χ4v) is 4.92. The van der Waals surface area contributed by atoms with E-state index in [0.29, 0.717) is 13.0 Å². The summed E-state index contributed by atoms with van der Waals surface area (Å²) >= 11 is 1.65. The molecule has 5 heteroatoms. The van der Waals surface area contributed by atoms with Crippen LogP contribution in [-0.4, -0.2) is 25.0 Å². The van der Waals surface area contributed by atoms with Gasteiger partial charge in [-0.25, -0.2) is 8.42 Å². The molecule has 1 aromatic rings.